The molecule has 0 saturated carbocycles. The van der Waals surface area contributed by atoms with Crippen LogP contribution in [0, 0.1) is 5.41 Å². The third-order valence-electron chi connectivity index (χ3n) is 13.4. The molecule has 0 radical (unpaired) electrons. The molecule has 0 aliphatic carbocycles. The van der Waals surface area contributed by atoms with Gasteiger partial charge in [-0.15, -0.1) is 0 Å². The number of aliphatic hydroxyl groups excluding tert-OH is 1. The fourth-order valence-electron chi connectivity index (χ4n) is 8.91. The molecule has 364 valence electrons. The number of hydrogen-bond donors (Lipinski definition) is 6. The molecule has 0 aliphatic rings. The first-order chi connectivity index (χ1) is 29.0. The van der Waals surface area contributed by atoms with Crippen LogP contribution in [0.5, 0.6) is 0 Å². The predicted octanol–water partition coefficient (Wildman–Crippen LogP) is 17.4. The number of aliphatic hydroxyl groups is 2. The van der Waals surface area contributed by atoms with E-state index in [9.17, 15) is 10.2 Å². The first-order valence-corrected chi connectivity index (χ1v) is 28.8. The van der Waals surface area contributed by atoms with Crippen molar-refractivity contribution in [3.63, 3.8) is 0 Å². The second-order valence-electron chi connectivity index (χ2n) is 19.2. The minimum absolute atomic E-state index is 0.422. The molecule has 0 rings (SSSR count). The Labute approximate surface area is 377 Å². The van der Waals surface area contributed by atoms with E-state index in [-0.39, 0.29) is 0 Å². The lowest BCUT2D eigenvalue weighted by Gasteiger charge is -2.46. The first kappa shape index (κ1) is 62.7. The van der Waals surface area contributed by atoms with E-state index in [4.69, 9.17) is 19.6 Å². The van der Waals surface area contributed by atoms with E-state index >= 15 is 0 Å². The first-order valence-electron chi connectivity index (χ1n) is 26.4. The van der Waals surface area contributed by atoms with Crippen LogP contribution in [-0.4, -0.2) is 41.5 Å². The summed E-state index contributed by atoms with van der Waals surface area (Å²) in [7, 11) is -5.22. The molecule has 0 aromatic heterocycles. The van der Waals surface area contributed by atoms with Gasteiger partial charge < -0.3 is 29.8 Å². The Hall–Kier alpha value is 0.580. The van der Waals surface area contributed by atoms with Gasteiger partial charge in [0.05, 0.1) is 11.7 Å². The van der Waals surface area contributed by atoms with Crippen molar-refractivity contribution in [1.82, 2.24) is 0 Å². The van der Waals surface area contributed by atoms with Gasteiger partial charge in [0.1, 0.15) is 0 Å². The van der Waals surface area contributed by atoms with E-state index in [1.54, 1.807) is 0 Å². The van der Waals surface area contributed by atoms with Crippen LogP contribution in [0.2, 0.25) is 0 Å². The minimum atomic E-state index is -2.61. The summed E-state index contributed by atoms with van der Waals surface area (Å²) in [5.41, 5.74) is -1.22. The van der Waals surface area contributed by atoms with E-state index in [0.717, 1.165) is 38.5 Å². The molecule has 0 bridgehead atoms. The largest absolute Gasteiger partial charge is 0.392 e. The van der Waals surface area contributed by atoms with Gasteiger partial charge in [-0.2, -0.15) is 0 Å². The highest BCUT2D eigenvalue weighted by Gasteiger charge is 2.46. The maximum Gasteiger partial charge on any atom is 0.334 e. The highest BCUT2D eigenvalue weighted by molar-refractivity contribution is 7.53. The molecule has 0 heterocycles. The molecule has 9 heteroatoms. The molecular formula is C51H108O7P2. The molecule has 6 N–H and O–H groups in total. The third kappa shape index (κ3) is 42.5. The Kier molecular flexibility index (Phi) is 49.7. The molecule has 1 atom stereocenters. The van der Waals surface area contributed by atoms with Gasteiger partial charge in [0.2, 0.25) is 0 Å². The van der Waals surface area contributed by atoms with Crippen LogP contribution in [0.3, 0.4) is 0 Å². The standard InChI is InChI=1S/C51H104O2.H4O5P2/c1-6-9-12-15-18-21-23-25-27-29-31-33-35-38-41-44-47-51(53,50(4,5)49(52)46-43-40-37-20-17-14-11-8-3)48-45-42-39-36-34-32-30-28-26-24-22-19-16-13-10-7-2;1-6(2)5-7(3)4/h49,52-53H,6-48H2,1-5H3;1-4H. The van der Waals surface area contributed by atoms with Gasteiger partial charge in [0.15, 0.2) is 0 Å². The van der Waals surface area contributed by atoms with Crippen molar-refractivity contribution in [2.24, 2.45) is 5.41 Å². The van der Waals surface area contributed by atoms with Crippen molar-refractivity contribution in [2.45, 2.75) is 322 Å². The second-order valence-corrected chi connectivity index (χ2v) is 20.9. The highest BCUT2D eigenvalue weighted by atomic mass is 31.2. The number of hydrogen-bond acceptors (Lipinski definition) is 7. The van der Waals surface area contributed by atoms with Gasteiger partial charge in [0, 0.05) is 5.41 Å². The summed E-state index contributed by atoms with van der Waals surface area (Å²) in [5.74, 6) is 0. The van der Waals surface area contributed by atoms with Gasteiger partial charge in [-0.25, -0.2) is 4.31 Å². The summed E-state index contributed by atoms with van der Waals surface area (Å²) >= 11 is 0. The summed E-state index contributed by atoms with van der Waals surface area (Å²) in [5, 5.41) is 23.8. The third-order valence-corrected chi connectivity index (χ3v) is 14.6. The number of rotatable bonds is 47. The zero-order valence-corrected chi connectivity index (χ0v) is 42.8. The monoisotopic (exact) mass is 895 g/mol. The van der Waals surface area contributed by atoms with Gasteiger partial charge in [-0.3, -0.25) is 0 Å². The van der Waals surface area contributed by atoms with E-state index in [2.05, 4.69) is 38.9 Å². The molecule has 7 nitrogen and oxygen atoms in total. The van der Waals surface area contributed by atoms with Crippen molar-refractivity contribution >= 4 is 17.2 Å². The average molecular weight is 895 g/mol. The van der Waals surface area contributed by atoms with E-state index in [0.29, 0.717) is 0 Å². The van der Waals surface area contributed by atoms with E-state index < -0.39 is 34.3 Å². The van der Waals surface area contributed by atoms with Gasteiger partial charge >= 0.3 is 17.2 Å². The lowest BCUT2D eigenvalue weighted by molar-refractivity contribution is -0.139. The fourth-order valence-corrected chi connectivity index (χ4v) is 9.43. The normalized spacial score (nSPS) is 12.8. The average Bonchev–Trinajstić information content (AvgIpc) is 3.21. The Balaban J connectivity index is 0. The van der Waals surface area contributed by atoms with Crippen molar-refractivity contribution in [3.05, 3.63) is 0 Å². The molecular weight excluding hydrogens is 787 g/mol. The van der Waals surface area contributed by atoms with Crippen molar-refractivity contribution in [3.8, 4) is 0 Å². The number of unbranched alkanes of at least 4 members (excludes halogenated alkanes) is 37. The van der Waals surface area contributed by atoms with Crippen molar-refractivity contribution in [1.29, 1.82) is 0 Å². The molecule has 0 aliphatic heterocycles. The smallest absolute Gasteiger partial charge is 0.334 e. The zero-order valence-electron chi connectivity index (χ0n) is 41.0. The summed E-state index contributed by atoms with van der Waals surface area (Å²) in [4.78, 5) is 31.3. The topological polar surface area (TPSA) is 131 Å². The molecule has 0 spiro atoms. The Morgan fingerprint density at radius 3 is 0.750 bits per heavy atom. The molecule has 0 amide bonds. The predicted molar refractivity (Wildman–Crippen MR) is 264 cm³/mol. The maximum atomic E-state index is 12.3. The van der Waals surface area contributed by atoms with Crippen LogP contribution in [0.25, 0.3) is 0 Å². The van der Waals surface area contributed by atoms with Crippen LogP contribution < -0.4 is 0 Å². The van der Waals surface area contributed by atoms with Crippen LogP contribution in [0.15, 0.2) is 0 Å². The molecule has 0 aromatic carbocycles. The minimum Gasteiger partial charge on any atom is -0.392 e. The second kappa shape index (κ2) is 47.5. The molecule has 1 unspecified atom stereocenters. The van der Waals surface area contributed by atoms with Gasteiger partial charge in [-0.05, 0) is 19.3 Å². The van der Waals surface area contributed by atoms with Gasteiger partial charge in [-0.1, -0.05) is 291 Å². The molecule has 0 fully saturated rings. The maximum absolute atomic E-state index is 12.3. The van der Waals surface area contributed by atoms with Crippen molar-refractivity contribution < 1.29 is 34.1 Å². The quantitative estimate of drug-likeness (QED) is 0.0265. The van der Waals surface area contributed by atoms with E-state index in [1.807, 2.05) is 0 Å². The van der Waals surface area contributed by atoms with Crippen LogP contribution >= 0.6 is 17.2 Å². The Morgan fingerprint density at radius 2 is 0.550 bits per heavy atom. The molecule has 0 aromatic rings. The SMILES string of the molecule is CCCCCCCCCCCCCCCCCCC(O)(CCCCCCCCCCCCCCCCCC)C(C)(C)C(O)CCCCCCCCCC.OP(O)OP(O)O. The van der Waals surface area contributed by atoms with Gasteiger partial charge in [0.25, 0.3) is 0 Å². The summed E-state index contributed by atoms with van der Waals surface area (Å²) in [6.07, 6.45) is 56.5. The molecule has 60 heavy (non-hydrogen) atoms. The van der Waals surface area contributed by atoms with Crippen molar-refractivity contribution in [2.75, 3.05) is 0 Å². The Morgan fingerprint density at radius 1 is 0.350 bits per heavy atom. The van der Waals surface area contributed by atoms with Crippen LogP contribution in [0.4, 0.5) is 0 Å². The molecule has 0 saturated heterocycles. The van der Waals surface area contributed by atoms with Crippen LogP contribution in [0.1, 0.15) is 311 Å². The summed E-state index contributed by atoms with van der Waals surface area (Å²) in [6.45, 7) is 11.2. The summed E-state index contributed by atoms with van der Waals surface area (Å²) in [6, 6.07) is 0. The van der Waals surface area contributed by atoms with E-state index in [1.165, 1.54) is 238 Å². The fraction of sp³-hybridized carbons (Fsp3) is 1.00. The van der Waals surface area contributed by atoms with Crippen LogP contribution in [-0.2, 0) is 4.31 Å². The lowest BCUT2D eigenvalue weighted by Crippen LogP contribution is -2.51. The zero-order chi connectivity index (χ0) is 44.8. The summed E-state index contributed by atoms with van der Waals surface area (Å²) < 4.78 is 3.60. The Bertz CT molecular complexity index is 774. The lowest BCUT2D eigenvalue weighted by atomic mass is 9.65. The highest BCUT2D eigenvalue weighted by Crippen LogP contribution is 2.44.